The topological polar surface area (TPSA) is 9.23 Å². The highest BCUT2D eigenvalue weighted by atomic mass is 32.2. The Morgan fingerprint density at radius 2 is 1.89 bits per heavy atom. The first-order chi connectivity index (χ1) is 9.17. The summed E-state index contributed by atoms with van der Waals surface area (Å²) in [5.74, 6) is 0.503. The van der Waals surface area contributed by atoms with Crippen LogP contribution in [0.1, 0.15) is 25.5 Å². The van der Waals surface area contributed by atoms with Crippen LogP contribution in [0.5, 0.6) is 0 Å². The molecule has 0 N–H and O–H groups in total. The number of hydrogen-bond acceptors (Lipinski definition) is 2. The molecule has 2 aromatic rings. The standard InChI is InChI=1S/C17H16OS/c1-11-10-15-16(18-17(15,2)19-11)14-9-5-7-12-6-3-4-8-13(12)14/h3-10,15-16H,1-2H3/t15-,16+,17-/m0/s1. The lowest BCUT2D eigenvalue weighted by Gasteiger charge is -2.48. The fourth-order valence-corrected chi connectivity index (χ4v) is 4.63. The summed E-state index contributed by atoms with van der Waals surface area (Å²) in [6.45, 7) is 4.38. The van der Waals surface area contributed by atoms with Crippen LogP contribution < -0.4 is 0 Å². The van der Waals surface area contributed by atoms with Crippen molar-refractivity contribution < 1.29 is 4.74 Å². The molecule has 0 radical (unpaired) electrons. The minimum Gasteiger partial charge on any atom is -0.355 e. The summed E-state index contributed by atoms with van der Waals surface area (Å²) in [6.07, 6.45) is 2.58. The highest BCUT2D eigenvalue weighted by molar-refractivity contribution is 8.04. The Bertz CT molecular complexity index is 685. The Balaban J connectivity index is 1.81. The van der Waals surface area contributed by atoms with Crippen LogP contribution >= 0.6 is 11.8 Å². The van der Waals surface area contributed by atoms with Crippen molar-refractivity contribution in [2.24, 2.45) is 5.92 Å². The number of fused-ring (bicyclic) bond motifs is 2. The van der Waals surface area contributed by atoms with E-state index in [1.807, 2.05) is 11.8 Å². The van der Waals surface area contributed by atoms with Gasteiger partial charge in [-0.1, -0.05) is 60.3 Å². The molecule has 2 aliphatic rings. The second kappa shape index (κ2) is 3.87. The first-order valence-electron chi connectivity index (χ1n) is 6.70. The number of hydrogen-bond donors (Lipinski definition) is 0. The first kappa shape index (κ1) is 11.6. The summed E-state index contributed by atoms with van der Waals surface area (Å²) in [7, 11) is 0. The van der Waals surface area contributed by atoms with Crippen molar-refractivity contribution >= 4 is 22.5 Å². The molecule has 0 aromatic heterocycles. The Morgan fingerprint density at radius 3 is 2.74 bits per heavy atom. The average molecular weight is 268 g/mol. The zero-order chi connectivity index (χ0) is 13.0. The van der Waals surface area contributed by atoms with E-state index in [2.05, 4.69) is 62.4 Å². The summed E-state index contributed by atoms with van der Waals surface area (Å²) < 4.78 is 6.23. The molecule has 0 aliphatic carbocycles. The Labute approximate surface area is 117 Å². The van der Waals surface area contributed by atoms with Crippen molar-refractivity contribution in [2.75, 3.05) is 0 Å². The third kappa shape index (κ3) is 1.60. The van der Waals surface area contributed by atoms with Crippen LogP contribution in [0.3, 0.4) is 0 Å². The van der Waals surface area contributed by atoms with Gasteiger partial charge in [-0.05, 0) is 35.1 Å². The van der Waals surface area contributed by atoms with Crippen molar-refractivity contribution in [3.8, 4) is 0 Å². The van der Waals surface area contributed by atoms with Gasteiger partial charge >= 0.3 is 0 Å². The predicted octanol–water partition coefficient (Wildman–Crippen LogP) is 4.89. The largest absolute Gasteiger partial charge is 0.355 e. The Hall–Kier alpha value is -1.25. The van der Waals surface area contributed by atoms with Gasteiger partial charge in [-0.25, -0.2) is 0 Å². The third-order valence-corrected chi connectivity index (χ3v) is 5.43. The summed E-state index contributed by atoms with van der Waals surface area (Å²) in [5.41, 5.74) is 1.33. The minimum absolute atomic E-state index is 0.0360. The number of benzene rings is 2. The predicted molar refractivity (Wildman–Crippen MR) is 81.0 cm³/mol. The van der Waals surface area contributed by atoms with Crippen molar-refractivity contribution in [2.45, 2.75) is 24.9 Å². The fraction of sp³-hybridized carbons (Fsp3) is 0.294. The Kier molecular flexibility index (Phi) is 2.36. The van der Waals surface area contributed by atoms with E-state index in [1.165, 1.54) is 21.2 Å². The number of rotatable bonds is 1. The van der Waals surface area contributed by atoms with Gasteiger partial charge in [0.05, 0.1) is 6.10 Å². The maximum absolute atomic E-state index is 6.23. The average Bonchev–Trinajstić information content (AvgIpc) is 2.63. The van der Waals surface area contributed by atoms with Crippen molar-refractivity contribution in [1.82, 2.24) is 0 Å². The molecule has 19 heavy (non-hydrogen) atoms. The van der Waals surface area contributed by atoms with Crippen LogP contribution in [0.4, 0.5) is 0 Å². The molecule has 1 saturated heterocycles. The summed E-state index contributed by atoms with van der Waals surface area (Å²) in [6, 6.07) is 15.1. The number of allylic oxidation sites excluding steroid dienone is 1. The summed E-state index contributed by atoms with van der Waals surface area (Å²) in [5, 5.41) is 2.61. The second-order valence-electron chi connectivity index (χ2n) is 5.53. The lowest BCUT2D eigenvalue weighted by molar-refractivity contribution is -0.179. The second-order valence-corrected chi connectivity index (χ2v) is 7.19. The minimum atomic E-state index is -0.0360. The van der Waals surface area contributed by atoms with Crippen LogP contribution in [0.25, 0.3) is 10.8 Å². The van der Waals surface area contributed by atoms with E-state index in [0.717, 1.165) is 0 Å². The fourth-order valence-electron chi connectivity index (χ4n) is 3.30. The van der Waals surface area contributed by atoms with Crippen LogP contribution in [0.15, 0.2) is 53.4 Å². The first-order valence-corrected chi connectivity index (χ1v) is 7.52. The molecule has 3 atom stereocenters. The zero-order valence-corrected chi connectivity index (χ0v) is 11.9. The maximum atomic E-state index is 6.23. The molecular weight excluding hydrogens is 252 g/mol. The van der Waals surface area contributed by atoms with E-state index in [-0.39, 0.29) is 11.0 Å². The van der Waals surface area contributed by atoms with E-state index in [4.69, 9.17) is 4.74 Å². The van der Waals surface area contributed by atoms with Crippen LogP contribution in [0.2, 0.25) is 0 Å². The molecule has 0 unspecified atom stereocenters. The van der Waals surface area contributed by atoms with Gasteiger partial charge < -0.3 is 4.74 Å². The highest BCUT2D eigenvalue weighted by Crippen LogP contribution is 2.62. The molecule has 0 spiro atoms. The van der Waals surface area contributed by atoms with Gasteiger partial charge in [0.25, 0.3) is 0 Å². The maximum Gasteiger partial charge on any atom is 0.125 e. The SMILES string of the molecule is CC1=C[C@H]2[C@@H](c3cccc4ccccc34)O[C@@]2(C)S1. The van der Waals surface area contributed by atoms with E-state index in [9.17, 15) is 0 Å². The molecule has 2 heterocycles. The smallest absolute Gasteiger partial charge is 0.125 e. The number of ether oxygens (including phenoxy) is 1. The molecule has 1 nitrogen and oxygen atoms in total. The molecular formula is C17H16OS. The van der Waals surface area contributed by atoms with E-state index >= 15 is 0 Å². The van der Waals surface area contributed by atoms with E-state index < -0.39 is 0 Å². The van der Waals surface area contributed by atoms with Crippen molar-refractivity contribution in [1.29, 1.82) is 0 Å². The number of thioether (sulfide) groups is 1. The molecule has 4 rings (SSSR count). The molecule has 96 valence electrons. The lowest BCUT2D eigenvalue weighted by atomic mass is 9.83. The van der Waals surface area contributed by atoms with Crippen LogP contribution in [-0.4, -0.2) is 4.93 Å². The summed E-state index contributed by atoms with van der Waals surface area (Å²) in [4.78, 5) is 1.35. The van der Waals surface area contributed by atoms with Crippen molar-refractivity contribution in [3.05, 3.63) is 59.0 Å². The normalized spacial score (nSPS) is 32.8. The van der Waals surface area contributed by atoms with Crippen LogP contribution in [0, 0.1) is 5.92 Å². The molecule has 0 bridgehead atoms. The molecule has 2 aromatic carbocycles. The van der Waals surface area contributed by atoms with E-state index in [1.54, 1.807) is 0 Å². The van der Waals surface area contributed by atoms with Gasteiger partial charge in [-0.15, -0.1) is 0 Å². The van der Waals surface area contributed by atoms with E-state index in [0.29, 0.717) is 5.92 Å². The van der Waals surface area contributed by atoms with Gasteiger partial charge in [0, 0.05) is 5.92 Å². The van der Waals surface area contributed by atoms with Gasteiger partial charge in [0.1, 0.15) is 4.93 Å². The monoisotopic (exact) mass is 268 g/mol. The molecule has 1 fully saturated rings. The van der Waals surface area contributed by atoms with Gasteiger partial charge in [-0.3, -0.25) is 0 Å². The molecule has 2 aliphatic heterocycles. The molecule has 0 saturated carbocycles. The lowest BCUT2D eigenvalue weighted by Crippen LogP contribution is -2.47. The molecule has 0 amide bonds. The van der Waals surface area contributed by atoms with Gasteiger partial charge in [0.2, 0.25) is 0 Å². The van der Waals surface area contributed by atoms with Gasteiger partial charge in [-0.2, -0.15) is 0 Å². The summed E-state index contributed by atoms with van der Waals surface area (Å²) >= 11 is 1.86. The third-order valence-electron chi connectivity index (χ3n) is 4.20. The Morgan fingerprint density at radius 1 is 1.11 bits per heavy atom. The quantitative estimate of drug-likeness (QED) is 0.728. The highest BCUT2D eigenvalue weighted by Gasteiger charge is 2.55. The van der Waals surface area contributed by atoms with Gasteiger partial charge in [0.15, 0.2) is 0 Å². The molecule has 2 heteroatoms. The van der Waals surface area contributed by atoms with Crippen LogP contribution in [-0.2, 0) is 4.74 Å². The zero-order valence-electron chi connectivity index (χ0n) is 11.1. The van der Waals surface area contributed by atoms with Crippen molar-refractivity contribution in [3.63, 3.8) is 0 Å².